The van der Waals surface area contributed by atoms with E-state index < -0.39 is 11.9 Å². The van der Waals surface area contributed by atoms with Crippen molar-refractivity contribution < 1.29 is 18.7 Å². The third-order valence-corrected chi connectivity index (χ3v) is 5.64. The third kappa shape index (κ3) is 7.40. The Bertz CT molecular complexity index is 893. The lowest BCUT2D eigenvalue weighted by Crippen LogP contribution is -2.51. The van der Waals surface area contributed by atoms with Gasteiger partial charge in [-0.1, -0.05) is 43.1 Å². The minimum absolute atomic E-state index is 0.0149. The average molecular weight is 469 g/mol. The fraction of sp³-hybridized carbons (Fsp3) is 0.391. The van der Waals surface area contributed by atoms with E-state index >= 15 is 0 Å². The highest BCUT2D eigenvalue weighted by molar-refractivity contribution is 6.42. The molecule has 5 nitrogen and oxygen atoms in total. The van der Waals surface area contributed by atoms with Gasteiger partial charge in [-0.05, 0) is 61.7 Å². The molecule has 2 aromatic carbocycles. The molecule has 0 heterocycles. The lowest BCUT2D eigenvalue weighted by molar-refractivity contribution is -0.143. The van der Waals surface area contributed by atoms with Crippen LogP contribution in [-0.4, -0.2) is 35.4 Å². The molecule has 0 aliphatic heterocycles. The molecule has 8 heteroatoms. The molecule has 0 aromatic heterocycles. The number of carbonyl (C=O) groups excluding carboxylic acids is 2. The van der Waals surface area contributed by atoms with E-state index in [0.29, 0.717) is 22.2 Å². The topological polar surface area (TPSA) is 58.6 Å². The number of halogens is 3. The van der Waals surface area contributed by atoms with Crippen LogP contribution in [0.3, 0.4) is 0 Å². The van der Waals surface area contributed by atoms with Crippen molar-refractivity contribution in [3.63, 3.8) is 0 Å². The molecule has 0 fully saturated rings. The van der Waals surface area contributed by atoms with Crippen LogP contribution in [0.1, 0.15) is 39.2 Å². The first-order chi connectivity index (χ1) is 14.7. The van der Waals surface area contributed by atoms with Gasteiger partial charge >= 0.3 is 0 Å². The van der Waals surface area contributed by atoms with E-state index in [0.717, 1.165) is 12.0 Å². The quantitative estimate of drug-likeness (QED) is 0.518. The monoisotopic (exact) mass is 468 g/mol. The average Bonchev–Trinajstić information content (AvgIpc) is 2.75. The van der Waals surface area contributed by atoms with Crippen molar-refractivity contribution in [2.24, 2.45) is 0 Å². The van der Waals surface area contributed by atoms with Crippen molar-refractivity contribution in [1.82, 2.24) is 10.2 Å². The molecule has 0 aliphatic carbocycles. The Morgan fingerprint density at radius 1 is 1.06 bits per heavy atom. The summed E-state index contributed by atoms with van der Waals surface area (Å²) in [5.41, 5.74) is 0.735. The van der Waals surface area contributed by atoms with Crippen molar-refractivity contribution in [1.29, 1.82) is 0 Å². The maximum atomic E-state index is 13.1. The smallest absolute Gasteiger partial charge is 0.261 e. The van der Waals surface area contributed by atoms with E-state index in [9.17, 15) is 14.0 Å². The lowest BCUT2D eigenvalue weighted by Gasteiger charge is -2.31. The molecule has 0 bridgehead atoms. The van der Waals surface area contributed by atoms with Gasteiger partial charge in [-0.2, -0.15) is 0 Å². The number of ether oxygens (including phenoxy) is 1. The fourth-order valence-corrected chi connectivity index (χ4v) is 3.27. The van der Waals surface area contributed by atoms with Gasteiger partial charge in [0.2, 0.25) is 5.91 Å². The van der Waals surface area contributed by atoms with Crippen molar-refractivity contribution in [2.75, 3.05) is 6.61 Å². The maximum absolute atomic E-state index is 13.1. The van der Waals surface area contributed by atoms with E-state index in [2.05, 4.69) is 5.32 Å². The zero-order chi connectivity index (χ0) is 23.0. The molecular formula is C23H27Cl2FN2O3. The number of nitrogens with zero attached hydrogens (tertiary/aromatic N) is 1. The molecule has 2 rings (SSSR count). The van der Waals surface area contributed by atoms with Crippen LogP contribution >= 0.6 is 23.2 Å². The van der Waals surface area contributed by atoms with Gasteiger partial charge < -0.3 is 15.0 Å². The summed E-state index contributed by atoms with van der Waals surface area (Å²) in [5, 5.41) is 3.71. The van der Waals surface area contributed by atoms with Gasteiger partial charge in [-0.15, -0.1) is 0 Å². The van der Waals surface area contributed by atoms with E-state index in [1.165, 1.54) is 29.2 Å². The Morgan fingerprint density at radius 2 is 1.74 bits per heavy atom. The summed E-state index contributed by atoms with van der Waals surface area (Å²) in [4.78, 5) is 27.4. The lowest BCUT2D eigenvalue weighted by atomic mass is 10.1. The van der Waals surface area contributed by atoms with E-state index in [1.54, 1.807) is 18.2 Å². The second-order valence-corrected chi connectivity index (χ2v) is 8.07. The highest BCUT2D eigenvalue weighted by Crippen LogP contribution is 2.24. The van der Waals surface area contributed by atoms with Crippen molar-refractivity contribution in [2.45, 2.75) is 52.2 Å². The van der Waals surface area contributed by atoms with Gasteiger partial charge in [0.1, 0.15) is 17.6 Å². The number of hydrogen-bond donors (Lipinski definition) is 1. The molecule has 168 valence electrons. The van der Waals surface area contributed by atoms with Crippen LogP contribution in [0.2, 0.25) is 10.0 Å². The Hall–Kier alpha value is -2.31. The first-order valence-corrected chi connectivity index (χ1v) is 10.9. The molecule has 0 saturated carbocycles. The molecule has 0 unspecified atom stereocenters. The Labute approximate surface area is 192 Å². The zero-order valence-electron chi connectivity index (χ0n) is 17.8. The largest absolute Gasteiger partial charge is 0.484 e. The van der Waals surface area contributed by atoms with Crippen molar-refractivity contribution >= 4 is 35.0 Å². The predicted molar refractivity (Wildman–Crippen MR) is 121 cm³/mol. The Balaban J connectivity index is 2.23. The van der Waals surface area contributed by atoms with Crippen LogP contribution in [-0.2, 0) is 16.1 Å². The molecule has 31 heavy (non-hydrogen) atoms. The first kappa shape index (κ1) is 25.0. The van der Waals surface area contributed by atoms with Crippen LogP contribution < -0.4 is 10.1 Å². The van der Waals surface area contributed by atoms with Gasteiger partial charge in [-0.25, -0.2) is 4.39 Å². The standard InChI is InChI=1S/C23H27Cl2FN2O3/c1-4-15(3)27-23(30)21(5-2)28(13-16-6-11-19(24)20(25)12-16)22(29)14-31-18-9-7-17(26)8-10-18/h6-12,15,21H,4-5,13-14H2,1-3H3,(H,27,30)/t15-,21-/m1/s1. The first-order valence-electron chi connectivity index (χ1n) is 10.2. The molecule has 0 radical (unpaired) electrons. The molecule has 0 aliphatic rings. The van der Waals surface area contributed by atoms with Gasteiger partial charge in [0.05, 0.1) is 10.0 Å². The summed E-state index contributed by atoms with van der Waals surface area (Å²) < 4.78 is 18.6. The van der Waals surface area contributed by atoms with E-state index in [-0.39, 0.29) is 31.0 Å². The fourth-order valence-electron chi connectivity index (χ4n) is 2.95. The molecule has 0 spiro atoms. The van der Waals surface area contributed by atoms with Crippen molar-refractivity contribution in [3.05, 3.63) is 63.9 Å². The van der Waals surface area contributed by atoms with Gasteiger partial charge in [0.25, 0.3) is 5.91 Å². The number of amides is 2. The van der Waals surface area contributed by atoms with E-state index in [1.807, 2.05) is 20.8 Å². The van der Waals surface area contributed by atoms with Gasteiger partial charge in [0, 0.05) is 12.6 Å². The molecule has 0 saturated heterocycles. The number of rotatable bonds is 10. The molecule has 1 N–H and O–H groups in total. The number of benzene rings is 2. The number of hydrogen-bond acceptors (Lipinski definition) is 3. The summed E-state index contributed by atoms with van der Waals surface area (Å²) in [6.45, 7) is 5.60. The van der Waals surface area contributed by atoms with Crippen molar-refractivity contribution in [3.8, 4) is 5.75 Å². The van der Waals surface area contributed by atoms with Crippen LogP contribution in [0.5, 0.6) is 5.75 Å². The normalized spacial score (nSPS) is 12.7. The second kappa shape index (κ2) is 11.9. The maximum Gasteiger partial charge on any atom is 0.261 e. The summed E-state index contributed by atoms with van der Waals surface area (Å²) in [6, 6.07) is 9.77. The van der Waals surface area contributed by atoms with Crippen LogP contribution in [0.15, 0.2) is 42.5 Å². The Morgan fingerprint density at radius 3 is 2.32 bits per heavy atom. The van der Waals surface area contributed by atoms with Crippen LogP contribution in [0.4, 0.5) is 4.39 Å². The molecular weight excluding hydrogens is 442 g/mol. The summed E-state index contributed by atoms with van der Waals surface area (Å²) in [5.74, 6) is -0.636. The Kier molecular flexibility index (Phi) is 9.59. The number of carbonyl (C=O) groups is 2. The third-order valence-electron chi connectivity index (χ3n) is 4.90. The summed E-state index contributed by atoms with van der Waals surface area (Å²) >= 11 is 12.1. The van der Waals surface area contributed by atoms with Crippen LogP contribution in [0, 0.1) is 5.82 Å². The molecule has 2 atom stereocenters. The second-order valence-electron chi connectivity index (χ2n) is 7.25. The summed E-state index contributed by atoms with van der Waals surface area (Å²) in [6.07, 6.45) is 1.20. The summed E-state index contributed by atoms with van der Waals surface area (Å²) in [7, 11) is 0. The minimum atomic E-state index is -0.687. The highest BCUT2D eigenvalue weighted by atomic mass is 35.5. The van der Waals surface area contributed by atoms with Crippen LogP contribution in [0.25, 0.3) is 0 Å². The van der Waals surface area contributed by atoms with E-state index in [4.69, 9.17) is 27.9 Å². The number of nitrogens with one attached hydrogen (secondary N) is 1. The van der Waals surface area contributed by atoms with Gasteiger partial charge in [-0.3, -0.25) is 9.59 Å². The predicted octanol–water partition coefficient (Wildman–Crippen LogP) is 5.23. The highest BCUT2D eigenvalue weighted by Gasteiger charge is 2.29. The minimum Gasteiger partial charge on any atom is -0.484 e. The molecule has 2 aromatic rings. The SMILES string of the molecule is CC[C@@H](C)NC(=O)[C@@H](CC)N(Cc1ccc(Cl)c(Cl)c1)C(=O)COc1ccc(F)cc1. The van der Waals surface area contributed by atoms with Gasteiger partial charge in [0.15, 0.2) is 6.61 Å². The molecule has 2 amide bonds. The zero-order valence-corrected chi connectivity index (χ0v) is 19.3.